The van der Waals surface area contributed by atoms with E-state index in [1.807, 2.05) is 66.0 Å². The van der Waals surface area contributed by atoms with Crippen LogP contribution in [-0.2, 0) is 16.0 Å². The fraction of sp³-hybridized carbons (Fsp3) is 0.179. The van der Waals surface area contributed by atoms with Gasteiger partial charge in [-0.05, 0) is 30.5 Å². The van der Waals surface area contributed by atoms with E-state index in [0.717, 1.165) is 29.7 Å². The highest BCUT2D eigenvalue weighted by Crippen LogP contribution is 2.29. The van der Waals surface area contributed by atoms with Crippen molar-refractivity contribution < 1.29 is 14.4 Å². The average molecular weight is 497 g/mol. The van der Waals surface area contributed by atoms with Crippen molar-refractivity contribution in [1.29, 1.82) is 0 Å². The standard InChI is InChI=1S/C28H24N4O3S/c33-25(27(35)30-20-13-14-20)22(16-18-8-3-1-4-9-18)31-26(34)21-12-7-15-29-24(21)28-32-23(17-36-28)19-10-5-2-6-11-19/h1-12,15,17,20,22H,13-14,16H2,(H,30,35)(H,31,34). The van der Waals surface area contributed by atoms with Crippen molar-refractivity contribution in [2.45, 2.75) is 31.3 Å². The quantitative estimate of drug-likeness (QED) is 0.340. The van der Waals surface area contributed by atoms with Crippen LogP contribution in [0, 0.1) is 0 Å². The molecule has 4 aromatic rings. The van der Waals surface area contributed by atoms with Crippen LogP contribution in [0.1, 0.15) is 28.8 Å². The summed E-state index contributed by atoms with van der Waals surface area (Å²) in [6, 6.07) is 21.4. The molecule has 2 N–H and O–H groups in total. The van der Waals surface area contributed by atoms with Crippen LogP contribution >= 0.6 is 11.3 Å². The minimum absolute atomic E-state index is 0.0446. The highest BCUT2D eigenvalue weighted by molar-refractivity contribution is 7.13. The van der Waals surface area contributed by atoms with Gasteiger partial charge in [-0.15, -0.1) is 11.3 Å². The molecule has 36 heavy (non-hydrogen) atoms. The molecule has 0 spiro atoms. The van der Waals surface area contributed by atoms with E-state index in [1.165, 1.54) is 11.3 Å². The lowest BCUT2D eigenvalue weighted by Gasteiger charge is -2.18. The van der Waals surface area contributed by atoms with E-state index in [-0.39, 0.29) is 12.5 Å². The number of nitrogens with zero attached hydrogens (tertiary/aromatic N) is 2. The molecule has 180 valence electrons. The SMILES string of the molecule is O=C(NC1CC1)C(=O)C(Cc1ccccc1)NC(=O)c1cccnc1-c1nc(-c2ccccc2)cs1. The van der Waals surface area contributed by atoms with Gasteiger partial charge in [0, 0.05) is 29.6 Å². The minimum Gasteiger partial charge on any atom is -0.347 e. The molecule has 0 radical (unpaired) electrons. The largest absolute Gasteiger partial charge is 0.347 e. The Morgan fingerprint density at radius 3 is 2.39 bits per heavy atom. The van der Waals surface area contributed by atoms with Crippen molar-refractivity contribution in [3.63, 3.8) is 0 Å². The molecule has 1 aliphatic rings. The first-order valence-corrected chi connectivity index (χ1v) is 12.6. The summed E-state index contributed by atoms with van der Waals surface area (Å²) in [6.45, 7) is 0. The average Bonchev–Trinajstić information content (AvgIpc) is 3.60. The zero-order chi connectivity index (χ0) is 24.9. The van der Waals surface area contributed by atoms with Gasteiger partial charge in [-0.1, -0.05) is 60.7 Å². The van der Waals surface area contributed by atoms with Crippen LogP contribution in [-0.4, -0.2) is 39.6 Å². The maximum absolute atomic E-state index is 13.4. The molecule has 1 fully saturated rings. The lowest BCUT2D eigenvalue weighted by Crippen LogP contribution is -2.49. The molecule has 2 heterocycles. The first kappa shape index (κ1) is 23.6. The number of hydrogen-bond acceptors (Lipinski definition) is 6. The number of ketones is 1. The van der Waals surface area contributed by atoms with Crippen molar-refractivity contribution in [3.05, 3.63) is 95.5 Å². The number of amides is 2. The molecule has 5 rings (SSSR count). The lowest BCUT2D eigenvalue weighted by molar-refractivity contribution is -0.139. The summed E-state index contributed by atoms with van der Waals surface area (Å²) in [6.07, 6.45) is 3.54. The number of Topliss-reactive ketones (excluding diaryl/α,β-unsaturated/α-hetero) is 1. The normalized spacial score (nSPS) is 13.6. The highest BCUT2D eigenvalue weighted by atomic mass is 32.1. The summed E-state index contributed by atoms with van der Waals surface area (Å²) in [4.78, 5) is 48.1. The van der Waals surface area contributed by atoms with Gasteiger partial charge in [-0.2, -0.15) is 0 Å². The second-order valence-electron chi connectivity index (χ2n) is 8.63. The van der Waals surface area contributed by atoms with Gasteiger partial charge in [0.05, 0.1) is 11.3 Å². The molecule has 1 atom stereocenters. The summed E-state index contributed by atoms with van der Waals surface area (Å²) < 4.78 is 0. The number of benzene rings is 2. The van der Waals surface area contributed by atoms with Crippen molar-refractivity contribution in [1.82, 2.24) is 20.6 Å². The van der Waals surface area contributed by atoms with Crippen LogP contribution in [0.5, 0.6) is 0 Å². The van der Waals surface area contributed by atoms with Crippen molar-refractivity contribution in [3.8, 4) is 22.0 Å². The van der Waals surface area contributed by atoms with Crippen LogP contribution in [0.25, 0.3) is 22.0 Å². The van der Waals surface area contributed by atoms with Gasteiger partial charge in [-0.3, -0.25) is 19.4 Å². The summed E-state index contributed by atoms with van der Waals surface area (Å²) in [5, 5.41) is 8.04. The highest BCUT2D eigenvalue weighted by Gasteiger charge is 2.32. The predicted octanol–water partition coefficient (Wildman–Crippen LogP) is 4.06. The van der Waals surface area contributed by atoms with Crippen LogP contribution < -0.4 is 10.6 Å². The van der Waals surface area contributed by atoms with E-state index in [4.69, 9.17) is 0 Å². The Labute approximate surface area is 212 Å². The monoisotopic (exact) mass is 496 g/mol. The summed E-state index contributed by atoms with van der Waals surface area (Å²) in [5.41, 5.74) is 3.32. The van der Waals surface area contributed by atoms with E-state index in [1.54, 1.807) is 18.3 Å². The summed E-state index contributed by atoms with van der Waals surface area (Å²) >= 11 is 1.39. The molecule has 2 aromatic heterocycles. The van der Waals surface area contributed by atoms with Gasteiger partial charge in [0.2, 0.25) is 5.78 Å². The number of nitrogens with one attached hydrogen (secondary N) is 2. The fourth-order valence-electron chi connectivity index (χ4n) is 3.82. The third kappa shape index (κ3) is 5.55. The molecule has 2 aromatic carbocycles. The second-order valence-corrected chi connectivity index (χ2v) is 9.49. The van der Waals surface area contributed by atoms with Gasteiger partial charge in [0.15, 0.2) is 0 Å². The van der Waals surface area contributed by atoms with E-state index in [0.29, 0.717) is 16.3 Å². The smallest absolute Gasteiger partial charge is 0.289 e. The molecule has 0 bridgehead atoms. The van der Waals surface area contributed by atoms with Crippen LogP contribution in [0.2, 0.25) is 0 Å². The minimum atomic E-state index is -1.01. The Hall–Kier alpha value is -4.17. The Morgan fingerprint density at radius 1 is 0.944 bits per heavy atom. The second kappa shape index (κ2) is 10.6. The predicted molar refractivity (Wildman–Crippen MR) is 138 cm³/mol. The Morgan fingerprint density at radius 2 is 1.67 bits per heavy atom. The molecule has 0 aliphatic heterocycles. The van der Waals surface area contributed by atoms with Gasteiger partial charge in [0.25, 0.3) is 11.8 Å². The van der Waals surface area contributed by atoms with Crippen molar-refractivity contribution in [2.24, 2.45) is 0 Å². The molecular weight excluding hydrogens is 472 g/mol. The number of carbonyl (C=O) groups is 3. The maximum atomic E-state index is 13.4. The van der Waals surface area contributed by atoms with Gasteiger partial charge < -0.3 is 10.6 Å². The fourth-order valence-corrected chi connectivity index (χ4v) is 4.66. The van der Waals surface area contributed by atoms with Crippen LogP contribution in [0.15, 0.2) is 84.4 Å². The first-order chi connectivity index (χ1) is 17.6. The number of thiazole rings is 1. The number of pyridine rings is 1. The number of hydrogen-bond donors (Lipinski definition) is 2. The Bertz CT molecular complexity index is 1380. The lowest BCUT2D eigenvalue weighted by atomic mass is 10.0. The third-order valence-corrected chi connectivity index (χ3v) is 6.72. The third-order valence-electron chi connectivity index (χ3n) is 5.87. The molecule has 8 heteroatoms. The Kier molecular flexibility index (Phi) is 6.95. The van der Waals surface area contributed by atoms with E-state index in [9.17, 15) is 14.4 Å². The molecule has 2 amide bonds. The van der Waals surface area contributed by atoms with Crippen LogP contribution in [0.3, 0.4) is 0 Å². The number of aromatic nitrogens is 2. The number of rotatable bonds is 9. The van der Waals surface area contributed by atoms with Crippen LogP contribution in [0.4, 0.5) is 0 Å². The maximum Gasteiger partial charge on any atom is 0.289 e. The van der Waals surface area contributed by atoms with E-state index < -0.39 is 23.6 Å². The van der Waals surface area contributed by atoms with Crippen molar-refractivity contribution >= 4 is 28.9 Å². The zero-order valence-corrected chi connectivity index (χ0v) is 20.2. The topological polar surface area (TPSA) is 101 Å². The molecule has 1 saturated carbocycles. The molecular formula is C28H24N4O3S. The van der Waals surface area contributed by atoms with Gasteiger partial charge in [-0.25, -0.2) is 4.98 Å². The first-order valence-electron chi connectivity index (χ1n) is 11.7. The van der Waals surface area contributed by atoms with E-state index in [2.05, 4.69) is 20.6 Å². The summed E-state index contributed by atoms with van der Waals surface area (Å²) in [5.74, 6) is -1.81. The molecule has 0 saturated heterocycles. The van der Waals surface area contributed by atoms with Crippen molar-refractivity contribution in [2.75, 3.05) is 0 Å². The van der Waals surface area contributed by atoms with Gasteiger partial charge in [0.1, 0.15) is 16.7 Å². The molecule has 7 nitrogen and oxygen atoms in total. The molecule has 1 unspecified atom stereocenters. The van der Waals surface area contributed by atoms with E-state index >= 15 is 0 Å². The number of carbonyl (C=O) groups excluding carboxylic acids is 3. The Balaban J connectivity index is 1.40. The summed E-state index contributed by atoms with van der Waals surface area (Å²) in [7, 11) is 0. The molecule has 1 aliphatic carbocycles. The zero-order valence-electron chi connectivity index (χ0n) is 19.4. The van der Waals surface area contributed by atoms with Gasteiger partial charge >= 0.3 is 0 Å².